The van der Waals surface area contributed by atoms with Crippen LogP contribution in [0.25, 0.3) is 11.0 Å². The summed E-state index contributed by atoms with van der Waals surface area (Å²) in [5.41, 5.74) is 0.716. The molecule has 7 heteroatoms. The topological polar surface area (TPSA) is 49.3 Å². The molecule has 0 spiro atoms. The second kappa shape index (κ2) is 7.13. The standard InChI is InChI=1S/C19H22F2N4O/c20-14-9-16-17(10-15(14)21)23-18(11-22-16)24-7-4-13(5-8-24)12-25-6-2-1-3-19(25)26/h9-11,13H,1-8,12H2. The van der Waals surface area contributed by atoms with Crippen molar-refractivity contribution < 1.29 is 13.6 Å². The van der Waals surface area contributed by atoms with Gasteiger partial charge in [-0.3, -0.25) is 9.78 Å². The Morgan fingerprint density at radius 1 is 1.04 bits per heavy atom. The molecule has 2 fully saturated rings. The molecule has 2 saturated heterocycles. The molecule has 2 aliphatic heterocycles. The molecule has 0 saturated carbocycles. The third kappa shape index (κ3) is 3.48. The van der Waals surface area contributed by atoms with E-state index in [0.29, 0.717) is 29.2 Å². The molecule has 5 nitrogen and oxygen atoms in total. The zero-order valence-corrected chi connectivity index (χ0v) is 14.6. The smallest absolute Gasteiger partial charge is 0.222 e. The summed E-state index contributed by atoms with van der Waals surface area (Å²) >= 11 is 0. The SMILES string of the molecule is O=C1CCCCN1CC1CCN(c2cnc3cc(F)c(F)cc3n2)CC1. The van der Waals surface area contributed by atoms with Crippen LogP contribution in [0.3, 0.4) is 0 Å². The molecule has 0 radical (unpaired) electrons. The van der Waals surface area contributed by atoms with Crippen molar-refractivity contribution in [1.29, 1.82) is 0 Å². The number of carbonyl (C=O) groups excluding carboxylic acids is 1. The third-order valence-electron chi connectivity index (χ3n) is 5.41. The van der Waals surface area contributed by atoms with Gasteiger partial charge in [0.1, 0.15) is 5.82 Å². The maximum Gasteiger partial charge on any atom is 0.222 e. The van der Waals surface area contributed by atoms with Gasteiger partial charge in [-0.05, 0) is 31.6 Å². The molecule has 0 unspecified atom stereocenters. The van der Waals surface area contributed by atoms with Gasteiger partial charge in [0.25, 0.3) is 0 Å². The predicted molar refractivity (Wildman–Crippen MR) is 94.8 cm³/mol. The molecule has 1 aromatic carbocycles. The second-order valence-corrected chi connectivity index (χ2v) is 7.21. The highest BCUT2D eigenvalue weighted by Crippen LogP contribution is 2.25. The minimum Gasteiger partial charge on any atom is -0.355 e. The van der Waals surface area contributed by atoms with Gasteiger partial charge in [-0.15, -0.1) is 0 Å². The molecule has 1 amide bonds. The number of benzene rings is 1. The molecule has 0 atom stereocenters. The lowest BCUT2D eigenvalue weighted by molar-refractivity contribution is -0.134. The average Bonchev–Trinajstić information content (AvgIpc) is 2.65. The predicted octanol–water partition coefficient (Wildman–Crippen LogP) is 3.14. The van der Waals surface area contributed by atoms with Gasteiger partial charge in [0.05, 0.1) is 17.2 Å². The highest BCUT2D eigenvalue weighted by Gasteiger charge is 2.25. The van der Waals surface area contributed by atoms with Crippen molar-refractivity contribution in [3.8, 4) is 0 Å². The summed E-state index contributed by atoms with van der Waals surface area (Å²) in [6.45, 7) is 3.39. The monoisotopic (exact) mass is 360 g/mol. The van der Waals surface area contributed by atoms with Gasteiger partial charge in [0.2, 0.25) is 5.91 Å². The number of hydrogen-bond acceptors (Lipinski definition) is 4. The van der Waals surface area contributed by atoms with E-state index in [0.717, 1.165) is 64.0 Å². The molecule has 2 aromatic rings. The van der Waals surface area contributed by atoms with E-state index in [1.54, 1.807) is 6.20 Å². The van der Waals surface area contributed by atoms with E-state index in [1.165, 1.54) is 0 Å². The first-order valence-electron chi connectivity index (χ1n) is 9.24. The number of rotatable bonds is 3. The molecule has 0 bridgehead atoms. The zero-order valence-electron chi connectivity index (χ0n) is 14.6. The summed E-state index contributed by atoms with van der Waals surface area (Å²) in [5.74, 6) is -0.334. The molecule has 0 aliphatic carbocycles. The number of amides is 1. The fourth-order valence-corrected chi connectivity index (χ4v) is 3.86. The fraction of sp³-hybridized carbons (Fsp3) is 0.526. The Balaban J connectivity index is 1.40. The van der Waals surface area contributed by atoms with Gasteiger partial charge in [-0.25, -0.2) is 13.8 Å². The number of hydrogen-bond donors (Lipinski definition) is 0. The highest BCUT2D eigenvalue weighted by molar-refractivity contribution is 5.77. The minimum absolute atomic E-state index is 0.285. The van der Waals surface area contributed by atoms with Crippen LogP contribution in [0.4, 0.5) is 14.6 Å². The van der Waals surface area contributed by atoms with Gasteiger partial charge in [-0.2, -0.15) is 0 Å². The van der Waals surface area contributed by atoms with Gasteiger partial charge < -0.3 is 9.80 Å². The lowest BCUT2D eigenvalue weighted by Gasteiger charge is -2.36. The Bertz CT molecular complexity index is 821. The Hall–Kier alpha value is -2.31. The molecule has 3 heterocycles. The van der Waals surface area contributed by atoms with Crippen LogP contribution >= 0.6 is 0 Å². The van der Waals surface area contributed by atoms with Gasteiger partial charge >= 0.3 is 0 Å². The third-order valence-corrected chi connectivity index (χ3v) is 5.41. The summed E-state index contributed by atoms with van der Waals surface area (Å²) in [7, 11) is 0. The maximum absolute atomic E-state index is 13.4. The summed E-state index contributed by atoms with van der Waals surface area (Å²) in [4.78, 5) is 24.8. The first-order chi connectivity index (χ1) is 12.6. The summed E-state index contributed by atoms with van der Waals surface area (Å²) in [6, 6.07) is 2.17. The largest absolute Gasteiger partial charge is 0.355 e. The number of aromatic nitrogens is 2. The van der Waals surface area contributed by atoms with E-state index in [2.05, 4.69) is 14.9 Å². The van der Waals surface area contributed by atoms with Crippen molar-refractivity contribution in [2.24, 2.45) is 5.92 Å². The molecule has 0 N–H and O–H groups in total. The Morgan fingerprint density at radius 3 is 2.50 bits per heavy atom. The Labute approximate surface area is 151 Å². The Morgan fingerprint density at radius 2 is 1.77 bits per heavy atom. The van der Waals surface area contributed by atoms with E-state index < -0.39 is 11.6 Å². The van der Waals surface area contributed by atoms with E-state index in [9.17, 15) is 13.6 Å². The number of anilines is 1. The van der Waals surface area contributed by atoms with Crippen LogP contribution in [-0.4, -0.2) is 47.0 Å². The van der Waals surface area contributed by atoms with Crippen molar-refractivity contribution in [3.05, 3.63) is 30.0 Å². The van der Waals surface area contributed by atoms with Crippen molar-refractivity contribution in [1.82, 2.24) is 14.9 Å². The van der Waals surface area contributed by atoms with E-state index in [4.69, 9.17) is 0 Å². The van der Waals surface area contributed by atoms with E-state index in [-0.39, 0.29) is 5.91 Å². The second-order valence-electron chi connectivity index (χ2n) is 7.21. The van der Waals surface area contributed by atoms with Gasteiger partial charge in [0.15, 0.2) is 11.6 Å². The Kier molecular flexibility index (Phi) is 4.70. The van der Waals surface area contributed by atoms with Crippen molar-refractivity contribution in [2.45, 2.75) is 32.1 Å². The van der Waals surface area contributed by atoms with Crippen LogP contribution in [0.5, 0.6) is 0 Å². The molecule has 2 aliphatic rings. The number of halogens is 2. The van der Waals surface area contributed by atoms with Crippen molar-refractivity contribution in [3.63, 3.8) is 0 Å². The lowest BCUT2D eigenvalue weighted by atomic mass is 9.95. The summed E-state index contributed by atoms with van der Waals surface area (Å²) in [6.07, 6.45) is 6.40. The summed E-state index contributed by atoms with van der Waals surface area (Å²) in [5, 5.41) is 0. The molecule has 1 aromatic heterocycles. The fourth-order valence-electron chi connectivity index (χ4n) is 3.86. The quantitative estimate of drug-likeness (QED) is 0.844. The molecule has 138 valence electrons. The lowest BCUT2D eigenvalue weighted by Crippen LogP contribution is -2.42. The molecule has 4 rings (SSSR count). The number of likely N-dealkylation sites (tertiary alicyclic amines) is 1. The van der Waals surface area contributed by atoms with Crippen LogP contribution in [-0.2, 0) is 4.79 Å². The van der Waals surface area contributed by atoms with Crippen LogP contribution < -0.4 is 4.90 Å². The average molecular weight is 360 g/mol. The van der Waals surface area contributed by atoms with Gasteiger partial charge in [-0.1, -0.05) is 0 Å². The van der Waals surface area contributed by atoms with Crippen molar-refractivity contribution >= 4 is 22.8 Å². The van der Waals surface area contributed by atoms with Crippen molar-refractivity contribution in [2.75, 3.05) is 31.1 Å². The first-order valence-corrected chi connectivity index (χ1v) is 9.24. The molecular weight excluding hydrogens is 338 g/mol. The van der Waals surface area contributed by atoms with Crippen LogP contribution in [0.2, 0.25) is 0 Å². The van der Waals surface area contributed by atoms with Crippen LogP contribution in [0.1, 0.15) is 32.1 Å². The first kappa shape index (κ1) is 17.1. The van der Waals surface area contributed by atoms with E-state index >= 15 is 0 Å². The number of nitrogens with zero attached hydrogens (tertiary/aromatic N) is 4. The van der Waals surface area contributed by atoms with Crippen LogP contribution in [0, 0.1) is 17.6 Å². The van der Waals surface area contributed by atoms with E-state index in [1.807, 2.05) is 4.90 Å². The molecule has 26 heavy (non-hydrogen) atoms. The number of carbonyl (C=O) groups is 1. The number of piperidine rings is 2. The summed E-state index contributed by atoms with van der Waals surface area (Å²) < 4.78 is 26.7. The zero-order chi connectivity index (χ0) is 18.1. The minimum atomic E-state index is -0.910. The molecular formula is C19H22F2N4O. The maximum atomic E-state index is 13.4. The normalized spacial score (nSPS) is 19.4. The van der Waals surface area contributed by atoms with Gasteiger partial charge in [0, 0.05) is 44.7 Å². The number of fused-ring (bicyclic) bond motifs is 1. The highest BCUT2D eigenvalue weighted by atomic mass is 19.2. The van der Waals surface area contributed by atoms with Crippen LogP contribution in [0.15, 0.2) is 18.3 Å².